The van der Waals surface area contributed by atoms with E-state index < -0.39 is 0 Å². The highest BCUT2D eigenvalue weighted by atomic mass is 32.1. The number of nitrogens with zero attached hydrogens (tertiary/aromatic N) is 2. The monoisotopic (exact) mass is 286 g/mol. The van der Waals surface area contributed by atoms with Crippen LogP contribution in [0.3, 0.4) is 0 Å². The molecule has 104 valence electrons. The number of fused-ring (bicyclic) bond motifs is 1. The Hall–Kier alpha value is -1.81. The van der Waals surface area contributed by atoms with E-state index in [4.69, 9.17) is 4.74 Å². The second-order valence-electron chi connectivity index (χ2n) is 4.74. The van der Waals surface area contributed by atoms with E-state index >= 15 is 0 Å². The van der Waals surface area contributed by atoms with Crippen molar-refractivity contribution < 1.29 is 4.74 Å². The molecule has 3 aromatic rings. The third-order valence-electron chi connectivity index (χ3n) is 3.50. The van der Waals surface area contributed by atoms with Crippen LogP contribution in [0.25, 0.3) is 10.9 Å². The average molecular weight is 286 g/mol. The first-order chi connectivity index (χ1) is 9.79. The summed E-state index contributed by atoms with van der Waals surface area (Å²) in [6.07, 6.45) is 3.17. The smallest absolute Gasteiger partial charge is 0.128 e. The van der Waals surface area contributed by atoms with Crippen LogP contribution in [-0.4, -0.2) is 16.2 Å². The molecule has 0 aliphatic heterocycles. The van der Waals surface area contributed by atoms with Gasteiger partial charge < -0.3 is 9.30 Å². The molecular weight excluding hydrogens is 268 g/mol. The Morgan fingerprint density at radius 2 is 2.20 bits per heavy atom. The number of aryl methyl sites for hydroxylation is 3. The van der Waals surface area contributed by atoms with Crippen LogP contribution in [0.5, 0.6) is 5.75 Å². The first-order valence-electron chi connectivity index (χ1n) is 6.89. The molecule has 0 aliphatic carbocycles. The number of thiazole rings is 1. The Kier molecular flexibility index (Phi) is 3.74. The molecule has 3 nitrogen and oxygen atoms in total. The van der Waals surface area contributed by atoms with Crippen LogP contribution in [0, 0.1) is 6.92 Å². The fraction of sp³-hybridized carbons (Fsp3) is 0.312. The maximum absolute atomic E-state index is 5.68. The van der Waals surface area contributed by atoms with Crippen LogP contribution in [0.2, 0.25) is 0 Å². The molecule has 1 aromatic carbocycles. The Morgan fingerprint density at radius 1 is 1.30 bits per heavy atom. The van der Waals surface area contributed by atoms with Crippen molar-refractivity contribution in [2.24, 2.45) is 0 Å². The summed E-state index contributed by atoms with van der Waals surface area (Å²) in [5.41, 5.74) is 4.31. The maximum Gasteiger partial charge on any atom is 0.128 e. The van der Waals surface area contributed by atoms with Gasteiger partial charge in [0.2, 0.25) is 0 Å². The molecule has 0 spiro atoms. The molecule has 20 heavy (non-hydrogen) atoms. The zero-order valence-electron chi connectivity index (χ0n) is 11.8. The van der Waals surface area contributed by atoms with E-state index in [1.807, 2.05) is 18.5 Å². The minimum Gasteiger partial charge on any atom is -0.493 e. The summed E-state index contributed by atoms with van der Waals surface area (Å²) < 4.78 is 7.97. The van der Waals surface area contributed by atoms with Crippen LogP contribution in [0.1, 0.15) is 17.5 Å². The topological polar surface area (TPSA) is 27.1 Å². The zero-order valence-corrected chi connectivity index (χ0v) is 12.6. The molecule has 0 radical (unpaired) electrons. The number of hydrogen-bond donors (Lipinski definition) is 0. The highest BCUT2D eigenvalue weighted by Gasteiger charge is 2.07. The molecule has 4 heteroatoms. The summed E-state index contributed by atoms with van der Waals surface area (Å²) in [6.45, 7) is 5.77. The third-order valence-corrected chi connectivity index (χ3v) is 4.49. The van der Waals surface area contributed by atoms with E-state index in [0.29, 0.717) is 6.61 Å². The number of benzene rings is 1. The molecule has 0 atom stereocenters. The van der Waals surface area contributed by atoms with E-state index in [1.165, 1.54) is 15.8 Å². The van der Waals surface area contributed by atoms with Gasteiger partial charge in [-0.25, -0.2) is 4.98 Å². The molecule has 0 unspecified atom stereocenters. The minimum atomic E-state index is 0.699. The fourth-order valence-electron chi connectivity index (χ4n) is 2.46. The molecule has 0 saturated heterocycles. The van der Waals surface area contributed by atoms with Crippen molar-refractivity contribution >= 4 is 22.2 Å². The van der Waals surface area contributed by atoms with Gasteiger partial charge in [-0.2, -0.15) is 0 Å². The lowest BCUT2D eigenvalue weighted by molar-refractivity contribution is 0.344. The highest BCUT2D eigenvalue weighted by Crippen LogP contribution is 2.27. The summed E-state index contributed by atoms with van der Waals surface area (Å²) in [4.78, 5) is 5.67. The van der Waals surface area contributed by atoms with Gasteiger partial charge in [0.25, 0.3) is 0 Å². The summed E-state index contributed by atoms with van der Waals surface area (Å²) in [5, 5.41) is 1.19. The molecular formula is C16H18N2OS. The van der Waals surface area contributed by atoms with Crippen LogP contribution >= 0.6 is 11.3 Å². The van der Waals surface area contributed by atoms with Gasteiger partial charge in [0.15, 0.2) is 0 Å². The van der Waals surface area contributed by atoms with Crippen molar-refractivity contribution in [1.82, 2.24) is 9.55 Å². The SMILES string of the molecule is CCOc1cccc2c1ccn2CCc1scnc1C. The van der Waals surface area contributed by atoms with Crippen molar-refractivity contribution in [2.45, 2.75) is 26.8 Å². The number of hydrogen-bond acceptors (Lipinski definition) is 3. The summed E-state index contributed by atoms with van der Waals surface area (Å²) in [5.74, 6) is 0.970. The van der Waals surface area contributed by atoms with Gasteiger partial charge in [0.05, 0.1) is 23.3 Å². The van der Waals surface area contributed by atoms with Crippen molar-refractivity contribution in [1.29, 1.82) is 0 Å². The molecule has 0 saturated carbocycles. The predicted octanol–water partition coefficient (Wildman–Crippen LogP) is 4.05. The van der Waals surface area contributed by atoms with E-state index in [1.54, 1.807) is 11.3 Å². The Bertz CT molecular complexity index is 714. The van der Waals surface area contributed by atoms with Gasteiger partial charge in [-0.15, -0.1) is 11.3 Å². The third kappa shape index (κ3) is 2.43. The van der Waals surface area contributed by atoms with Crippen molar-refractivity contribution in [3.8, 4) is 5.75 Å². The van der Waals surface area contributed by atoms with Gasteiger partial charge in [-0.05, 0) is 32.0 Å². The van der Waals surface area contributed by atoms with Crippen LogP contribution in [0.15, 0.2) is 36.0 Å². The average Bonchev–Trinajstić information content (AvgIpc) is 3.04. The van der Waals surface area contributed by atoms with Gasteiger partial charge in [-0.3, -0.25) is 0 Å². The number of ether oxygens (including phenoxy) is 1. The Balaban J connectivity index is 1.85. The summed E-state index contributed by atoms with van der Waals surface area (Å²) in [7, 11) is 0. The molecule has 3 rings (SSSR count). The molecule has 2 heterocycles. The van der Waals surface area contributed by atoms with Crippen molar-refractivity contribution in [3.05, 3.63) is 46.5 Å². The summed E-state index contributed by atoms with van der Waals surface area (Å²) >= 11 is 1.74. The van der Waals surface area contributed by atoms with Gasteiger partial charge >= 0.3 is 0 Å². The van der Waals surface area contributed by atoms with E-state index in [-0.39, 0.29) is 0 Å². The van der Waals surface area contributed by atoms with Crippen molar-refractivity contribution in [2.75, 3.05) is 6.61 Å². The maximum atomic E-state index is 5.68. The standard InChI is InChI=1S/C16H18N2OS/c1-3-19-15-6-4-5-14-13(15)7-9-18(14)10-8-16-12(2)17-11-20-16/h4-7,9,11H,3,8,10H2,1-2H3. The lowest BCUT2D eigenvalue weighted by Crippen LogP contribution is -2.00. The highest BCUT2D eigenvalue weighted by molar-refractivity contribution is 7.09. The van der Waals surface area contributed by atoms with Crippen LogP contribution in [0.4, 0.5) is 0 Å². The molecule has 0 N–H and O–H groups in total. The van der Waals surface area contributed by atoms with E-state index in [2.05, 4.69) is 40.9 Å². The molecule has 0 aliphatic rings. The van der Waals surface area contributed by atoms with Gasteiger partial charge in [0, 0.05) is 29.4 Å². The Labute approximate surface area is 122 Å². The van der Waals surface area contributed by atoms with Gasteiger partial charge in [0.1, 0.15) is 5.75 Å². The lowest BCUT2D eigenvalue weighted by Gasteiger charge is -2.07. The normalized spacial score (nSPS) is 11.1. The predicted molar refractivity (Wildman–Crippen MR) is 83.7 cm³/mol. The second-order valence-corrected chi connectivity index (χ2v) is 5.68. The minimum absolute atomic E-state index is 0.699. The second kappa shape index (κ2) is 5.67. The van der Waals surface area contributed by atoms with Crippen LogP contribution < -0.4 is 4.74 Å². The number of aromatic nitrogens is 2. The fourth-order valence-corrected chi connectivity index (χ4v) is 3.23. The molecule has 0 bridgehead atoms. The lowest BCUT2D eigenvalue weighted by atomic mass is 10.2. The van der Waals surface area contributed by atoms with Gasteiger partial charge in [-0.1, -0.05) is 6.07 Å². The Morgan fingerprint density at radius 3 is 2.95 bits per heavy atom. The van der Waals surface area contributed by atoms with E-state index in [0.717, 1.165) is 24.4 Å². The first kappa shape index (κ1) is 13.2. The van der Waals surface area contributed by atoms with Crippen molar-refractivity contribution in [3.63, 3.8) is 0 Å². The quantitative estimate of drug-likeness (QED) is 0.707. The zero-order chi connectivity index (χ0) is 13.9. The molecule has 0 fully saturated rings. The largest absolute Gasteiger partial charge is 0.493 e. The molecule has 0 amide bonds. The van der Waals surface area contributed by atoms with E-state index in [9.17, 15) is 0 Å². The molecule has 2 aromatic heterocycles. The summed E-state index contributed by atoms with van der Waals surface area (Å²) in [6, 6.07) is 8.38. The first-order valence-corrected chi connectivity index (χ1v) is 7.77. The number of rotatable bonds is 5. The van der Waals surface area contributed by atoms with Crippen LogP contribution in [-0.2, 0) is 13.0 Å².